The molecule has 0 aromatic heterocycles. The lowest BCUT2D eigenvalue weighted by Crippen LogP contribution is -2.36. The van der Waals surface area contributed by atoms with E-state index >= 15 is 0 Å². The minimum atomic E-state index is -0.128. The summed E-state index contributed by atoms with van der Waals surface area (Å²) >= 11 is 0. The van der Waals surface area contributed by atoms with Crippen molar-refractivity contribution in [1.82, 2.24) is 4.90 Å². The van der Waals surface area contributed by atoms with Gasteiger partial charge in [0.25, 0.3) is 0 Å². The number of allylic oxidation sites excluding steroid dienone is 3. The number of nitrogens with zero attached hydrogens (tertiary/aromatic N) is 1. The summed E-state index contributed by atoms with van der Waals surface area (Å²) in [5.74, 6) is 1.40. The predicted molar refractivity (Wildman–Crippen MR) is 160 cm³/mol. The van der Waals surface area contributed by atoms with Gasteiger partial charge in [-0.2, -0.15) is 0 Å². The molecule has 0 saturated carbocycles. The molecule has 0 aliphatic heterocycles. The van der Waals surface area contributed by atoms with E-state index in [9.17, 15) is 10.2 Å². The molecule has 0 saturated heterocycles. The van der Waals surface area contributed by atoms with Gasteiger partial charge in [0.05, 0.1) is 5.76 Å². The molecule has 3 heteroatoms. The first-order chi connectivity index (χ1) is 16.5. The van der Waals surface area contributed by atoms with E-state index in [2.05, 4.69) is 120 Å². The average Bonchev–Trinajstić information content (AvgIpc) is 2.65. The summed E-state index contributed by atoms with van der Waals surface area (Å²) in [7, 11) is 2.12. The third-order valence-electron chi connectivity index (χ3n) is 7.74. The molecule has 2 N–H and O–H groups in total. The van der Waals surface area contributed by atoms with Crippen molar-refractivity contribution in [2.45, 2.75) is 115 Å². The number of rotatable bonds is 6. The second-order valence-corrected chi connectivity index (χ2v) is 16.0. The molecule has 0 bridgehead atoms. The summed E-state index contributed by atoms with van der Waals surface area (Å²) in [6.07, 6.45) is 4.03. The fraction of sp³-hybridized carbons (Fsp3) is 0.706. The van der Waals surface area contributed by atoms with E-state index in [0.29, 0.717) is 24.0 Å². The average molecular weight is 512 g/mol. The largest absolute Gasteiger partial charge is 0.512 e. The zero-order chi connectivity index (χ0) is 28.7. The van der Waals surface area contributed by atoms with Crippen LogP contribution in [0.5, 0.6) is 5.75 Å². The van der Waals surface area contributed by atoms with Crippen LogP contribution in [0.4, 0.5) is 0 Å². The molecule has 2 atom stereocenters. The molecule has 0 fully saturated rings. The first-order valence-electron chi connectivity index (χ1n) is 14.2. The molecule has 1 aliphatic rings. The van der Waals surface area contributed by atoms with Crippen LogP contribution in [-0.4, -0.2) is 28.7 Å². The Kier molecular flexibility index (Phi) is 9.18. The Morgan fingerprint density at radius 3 is 1.86 bits per heavy atom. The Morgan fingerprint density at radius 1 is 0.838 bits per heavy atom. The van der Waals surface area contributed by atoms with Gasteiger partial charge in [-0.25, -0.2) is 0 Å². The van der Waals surface area contributed by atoms with Gasteiger partial charge in [-0.1, -0.05) is 114 Å². The molecule has 0 spiro atoms. The molecule has 1 aliphatic carbocycles. The maximum absolute atomic E-state index is 11.4. The van der Waals surface area contributed by atoms with Crippen LogP contribution >= 0.6 is 0 Å². The first-order valence-corrected chi connectivity index (χ1v) is 14.2. The highest BCUT2D eigenvalue weighted by Crippen LogP contribution is 2.49. The van der Waals surface area contributed by atoms with Gasteiger partial charge in [0, 0.05) is 24.6 Å². The molecular formula is C34H57NO2. The van der Waals surface area contributed by atoms with Gasteiger partial charge in [-0.15, -0.1) is 0 Å². The smallest absolute Gasteiger partial charge is 0.123 e. The van der Waals surface area contributed by atoms with Gasteiger partial charge in [0.1, 0.15) is 5.75 Å². The molecule has 210 valence electrons. The van der Waals surface area contributed by atoms with Crippen molar-refractivity contribution in [3.63, 3.8) is 0 Å². The van der Waals surface area contributed by atoms with Crippen LogP contribution in [0, 0.1) is 28.1 Å². The van der Waals surface area contributed by atoms with Crippen LogP contribution in [-0.2, 0) is 18.4 Å². The molecule has 2 unspecified atom stereocenters. The van der Waals surface area contributed by atoms with E-state index in [1.165, 1.54) is 11.1 Å². The Bertz CT molecular complexity index is 1020. The normalized spacial score (nSPS) is 20.0. The highest BCUT2D eigenvalue weighted by atomic mass is 16.3. The topological polar surface area (TPSA) is 43.7 Å². The first kappa shape index (κ1) is 31.5. The van der Waals surface area contributed by atoms with E-state index in [1.54, 1.807) is 0 Å². The van der Waals surface area contributed by atoms with Gasteiger partial charge < -0.3 is 15.1 Å². The number of aliphatic hydroxyl groups is 1. The van der Waals surface area contributed by atoms with Crippen molar-refractivity contribution in [2.75, 3.05) is 13.6 Å². The van der Waals surface area contributed by atoms with Crippen LogP contribution in [0.25, 0.3) is 0 Å². The summed E-state index contributed by atoms with van der Waals surface area (Å²) in [5, 5.41) is 22.7. The highest BCUT2D eigenvalue weighted by molar-refractivity contribution is 5.47. The van der Waals surface area contributed by atoms with Gasteiger partial charge >= 0.3 is 0 Å². The maximum atomic E-state index is 11.4. The van der Waals surface area contributed by atoms with Crippen molar-refractivity contribution in [1.29, 1.82) is 0 Å². The second-order valence-electron chi connectivity index (χ2n) is 16.0. The predicted octanol–water partition coefficient (Wildman–Crippen LogP) is 9.20. The molecule has 2 rings (SSSR count). The van der Waals surface area contributed by atoms with Crippen molar-refractivity contribution in [2.24, 2.45) is 28.1 Å². The van der Waals surface area contributed by atoms with Crippen LogP contribution in [0.3, 0.4) is 0 Å². The zero-order valence-electron chi connectivity index (χ0n) is 26.6. The molecule has 0 heterocycles. The molecule has 37 heavy (non-hydrogen) atoms. The number of phenols is 1. The van der Waals surface area contributed by atoms with Gasteiger partial charge in [-0.05, 0) is 64.2 Å². The monoisotopic (exact) mass is 511 g/mol. The summed E-state index contributed by atoms with van der Waals surface area (Å²) in [5.41, 5.74) is 5.87. The molecule has 0 radical (unpaired) electrons. The third-order valence-corrected chi connectivity index (χ3v) is 7.74. The van der Waals surface area contributed by atoms with Crippen molar-refractivity contribution >= 4 is 0 Å². The fourth-order valence-corrected chi connectivity index (χ4v) is 6.12. The number of benzene rings is 1. The molecule has 3 nitrogen and oxygen atoms in total. The number of hydrogen-bond donors (Lipinski definition) is 2. The van der Waals surface area contributed by atoms with Crippen LogP contribution in [0.15, 0.2) is 35.1 Å². The number of phenolic OH excluding ortho intramolecular Hbond substituents is 1. The lowest BCUT2D eigenvalue weighted by atomic mass is 9.62. The summed E-state index contributed by atoms with van der Waals surface area (Å²) in [6, 6.07) is 4.39. The Hall–Kier alpha value is -1.74. The van der Waals surface area contributed by atoms with Crippen LogP contribution in [0.1, 0.15) is 113 Å². The van der Waals surface area contributed by atoms with Crippen LogP contribution in [0.2, 0.25) is 0 Å². The lowest BCUT2D eigenvalue weighted by Gasteiger charge is -2.43. The van der Waals surface area contributed by atoms with E-state index in [4.69, 9.17) is 0 Å². The minimum absolute atomic E-state index is 0.0198. The molecular weight excluding hydrogens is 454 g/mol. The van der Waals surface area contributed by atoms with Crippen molar-refractivity contribution < 1.29 is 10.2 Å². The third kappa shape index (κ3) is 8.12. The quantitative estimate of drug-likeness (QED) is 0.400. The lowest BCUT2D eigenvalue weighted by molar-refractivity contribution is 0.143. The van der Waals surface area contributed by atoms with Crippen molar-refractivity contribution in [3.8, 4) is 5.75 Å². The number of aromatic hydroxyl groups is 1. The summed E-state index contributed by atoms with van der Waals surface area (Å²) in [6.45, 7) is 30.6. The second kappa shape index (κ2) is 10.8. The minimum Gasteiger partial charge on any atom is -0.512 e. The van der Waals surface area contributed by atoms with Gasteiger partial charge in [-0.3, -0.25) is 0 Å². The Morgan fingerprint density at radius 2 is 1.41 bits per heavy atom. The Labute approximate surface area is 229 Å². The molecule has 1 aromatic carbocycles. The number of hydrogen-bond acceptors (Lipinski definition) is 3. The van der Waals surface area contributed by atoms with Crippen LogP contribution < -0.4 is 0 Å². The van der Waals surface area contributed by atoms with E-state index in [0.717, 1.165) is 36.1 Å². The maximum Gasteiger partial charge on any atom is 0.123 e. The van der Waals surface area contributed by atoms with Gasteiger partial charge in [0.15, 0.2) is 0 Å². The van der Waals surface area contributed by atoms with Crippen molar-refractivity contribution in [3.05, 3.63) is 51.8 Å². The molecule has 1 aromatic rings. The Balaban J connectivity index is 2.35. The summed E-state index contributed by atoms with van der Waals surface area (Å²) < 4.78 is 0. The standard InChI is InChI=1S/C34H57NO2/c1-22-26(32(5,6)7)19-24(30(37)28(22)34(11,12)13)15-16-35(14)21-25-17-23(20-31(2,3)4)18-27(29(25)36)33(8,9)10/h17-19,22,28,36-37H,15-16,20-21H2,1-14H3. The van der Waals surface area contributed by atoms with E-state index in [1.807, 2.05) is 0 Å². The SMILES string of the molecule is CC1C(C(C)(C)C)=CC(CCN(C)Cc2cc(CC(C)(C)C)cc(C(C)(C)C)c2O)=C(O)C1C(C)(C)C. The van der Waals surface area contributed by atoms with Gasteiger partial charge in [0.2, 0.25) is 0 Å². The van der Waals surface area contributed by atoms with E-state index < -0.39 is 0 Å². The van der Waals surface area contributed by atoms with E-state index in [-0.39, 0.29) is 27.6 Å². The fourth-order valence-electron chi connectivity index (χ4n) is 6.12. The zero-order valence-corrected chi connectivity index (χ0v) is 26.6. The molecule has 0 amide bonds. The highest BCUT2D eigenvalue weighted by Gasteiger charge is 2.41. The summed E-state index contributed by atoms with van der Waals surface area (Å²) in [4.78, 5) is 2.28. The number of aliphatic hydroxyl groups excluding tert-OH is 1.